The molecule has 0 fully saturated rings. The number of carbonyl (C=O) groups excluding carboxylic acids is 1. The Labute approximate surface area is 116 Å². The first-order chi connectivity index (χ1) is 9.06. The predicted molar refractivity (Wildman–Crippen MR) is 74.2 cm³/mol. The summed E-state index contributed by atoms with van der Waals surface area (Å²) in [4.78, 5) is 29.7. The van der Waals surface area contributed by atoms with E-state index in [1.54, 1.807) is 6.92 Å². The van der Waals surface area contributed by atoms with E-state index >= 15 is 0 Å². The van der Waals surface area contributed by atoms with Crippen molar-refractivity contribution in [1.29, 1.82) is 0 Å². The fourth-order valence-electron chi connectivity index (χ4n) is 1.42. The predicted octanol–water partition coefficient (Wildman–Crippen LogP) is 0.705. The maximum Gasteiger partial charge on any atom is 0.323 e. The number of nitrogens with one attached hydrogen (secondary N) is 1. The van der Waals surface area contributed by atoms with E-state index in [0.717, 1.165) is 18.5 Å². The van der Waals surface area contributed by atoms with Gasteiger partial charge in [-0.2, -0.15) is 0 Å². The van der Waals surface area contributed by atoms with E-state index in [-0.39, 0.29) is 5.56 Å². The Morgan fingerprint density at radius 2 is 2.32 bits per heavy atom. The normalized spacial score (nSPS) is 12.2. The van der Waals surface area contributed by atoms with E-state index in [1.165, 1.54) is 17.8 Å². The fourth-order valence-corrected chi connectivity index (χ4v) is 2.25. The van der Waals surface area contributed by atoms with Crippen LogP contribution < -0.4 is 11.3 Å². The Hall–Kier alpha value is -1.34. The fraction of sp³-hybridized carbons (Fsp3) is 0.583. The third-order valence-electron chi connectivity index (χ3n) is 2.27. The lowest BCUT2D eigenvalue weighted by Crippen LogP contribution is -2.34. The molecule has 1 rings (SSSR count). The summed E-state index contributed by atoms with van der Waals surface area (Å²) in [5, 5.41) is 0.482. The summed E-state index contributed by atoms with van der Waals surface area (Å²) in [5.74, 6) is -0.126. The largest absolute Gasteiger partial charge is 0.465 e. The van der Waals surface area contributed by atoms with Crippen molar-refractivity contribution in [3.05, 3.63) is 22.1 Å². The summed E-state index contributed by atoms with van der Waals surface area (Å²) in [6, 6.07) is 0.767. The minimum absolute atomic E-state index is 0.189. The summed E-state index contributed by atoms with van der Waals surface area (Å²) >= 11 is 1.24. The van der Waals surface area contributed by atoms with Crippen LogP contribution in [0.4, 0.5) is 0 Å². The molecule has 0 radical (unpaired) electrons. The number of hydrogen-bond acceptors (Lipinski definition) is 6. The summed E-state index contributed by atoms with van der Waals surface area (Å²) in [7, 11) is 0. The second-order valence-corrected chi connectivity index (χ2v) is 4.97. The van der Waals surface area contributed by atoms with Crippen molar-refractivity contribution >= 4 is 17.7 Å². The van der Waals surface area contributed by atoms with Crippen molar-refractivity contribution in [3.8, 4) is 0 Å². The zero-order chi connectivity index (χ0) is 14.3. The van der Waals surface area contributed by atoms with Gasteiger partial charge < -0.3 is 15.5 Å². The average Bonchev–Trinajstić information content (AvgIpc) is 2.36. The molecule has 1 unspecified atom stereocenters. The number of aromatic amines is 1. The molecule has 0 bridgehead atoms. The number of nitrogens with zero attached hydrogens (tertiary/aromatic N) is 1. The number of esters is 1. The minimum Gasteiger partial charge on any atom is -0.465 e. The van der Waals surface area contributed by atoms with Gasteiger partial charge in [-0.25, -0.2) is 4.98 Å². The monoisotopic (exact) mass is 285 g/mol. The average molecular weight is 285 g/mol. The van der Waals surface area contributed by atoms with E-state index in [2.05, 4.69) is 9.97 Å². The maximum atomic E-state index is 11.4. The topological polar surface area (TPSA) is 98.1 Å². The second kappa shape index (κ2) is 7.96. The Balaban J connectivity index is 2.62. The third kappa shape index (κ3) is 5.44. The minimum atomic E-state index is -0.718. The quantitative estimate of drug-likeness (QED) is 0.435. The first kappa shape index (κ1) is 15.7. The Morgan fingerprint density at radius 3 is 2.95 bits per heavy atom. The van der Waals surface area contributed by atoms with Crippen molar-refractivity contribution in [1.82, 2.24) is 9.97 Å². The molecule has 6 nitrogen and oxygen atoms in total. The number of rotatable bonds is 7. The standard InChI is InChI=1S/C12H19N3O3S/c1-3-5-8-6-10(16)15-12(14-8)19-7-9(13)11(17)18-4-2/h6,9H,3-5,7,13H2,1-2H3,(H,14,15,16). The molecule has 0 aliphatic carbocycles. The van der Waals surface area contributed by atoms with Crippen LogP contribution in [0.25, 0.3) is 0 Å². The zero-order valence-electron chi connectivity index (χ0n) is 11.1. The number of carbonyl (C=O) groups is 1. The van der Waals surface area contributed by atoms with Gasteiger partial charge in [0.05, 0.1) is 6.61 Å². The van der Waals surface area contributed by atoms with Crippen LogP contribution in [-0.4, -0.2) is 34.3 Å². The van der Waals surface area contributed by atoms with Crippen LogP contribution in [0.15, 0.2) is 16.0 Å². The van der Waals surface area contributed by atoms with Crippen LogP contribution in [0.3, 0.4) is 0 Å². The maximum absolute atomic E-state index is 11.4. The van der Waals surface area contributed by atoms with Gasteiger partial charge in [-0.3, -0.25) is 9.59 Å². The smallest absolute Gasteiger partial charge is 0.323 e. The number of ether oxygens (including phenoxy) is 1. The van der Waals surface area contributed by atoms with E-state index in [0.29, 0.717) is 17.5 Å². The van der Waals surface area contributed by atoms with E-state index in [1.807, 2.05) is 6.92 Å². The second-order valence-electron chi connectivity index (χ2n) is 3.96. The molecule has 19 heavy (non-hydrogen) atoms. The molecule has 1 aromatic rings. The highest BCUT2D eigenvalue weighted by atomic mass is 32.2. The van der Waals surface area contributed by atoms with Gasteiger partial charge in [-0.1, -0.05) is 25.1 Å². The van der Waals surface area contributed by atoms with E-state index < -0.39 is 12.0 Å². The molecule has 0 aromatic carbocycles. The highest BCUT2D eigenvalue weighted by Crippen LogP contribution is 2.13. The molecule has 0 aliphatic heterocycles. The Bertz CT molecular complexity index is 476. The molecule has 0 saturated heterocycles. The van der Waals surface area contributed by atoms with Crippen LogP contribution >= 0.6 is 11.8 Å². The summed E-state index contributed by atoms with van der Waals surface area (Å²) in [5.41, 5.74) is 6.23. The first-order valence-electron chi connectivity index (χ1n) is 6.22. The molecular formula is C12H19N3O3S. The lowest BCUT2D eigenvalue weighted by atomic mass is 10.2. The van der Waals surface area contributed by atoms with Gasteiger partial charge in [0.15, 0.2) is 5.16 Å². The van der Waals surface area contributed by atoms with E-state index in [4.69, 9.17) is 10.5 Å². The van der Waals surface area contributed by atoms with Crippen LogP contribution in [0.5, 0.6) is 0 Å². The summed E-state index contributed by atoms with van der Waals surface area (Å²) in [6.07, 6.45) is 1.67. The number of H-pyrrole nitrogens is 1. The zero-order valence-corrected chi connectivity index (χ0v) is 12.0. The molecule has 0 aliphatic rings. The Morgan fingerprint density at radius 1 is 1.58 bits per heavy atom. The number of aromatic nitrogens is 2. The van der Waals surface area contributed by atoms with E-state index in [9.17, 15) is 9.59 Å². The highest BCUT2D eigenvalue weighted by Gasteiger charge is 2.15. The van der Waals surface area contributed by atoms with Crippen molar-refractivity contribution in [2.45, 2.75) is 37.9 Å². The number of aryl methyl sites for hydroxylation is 1. The van der Waals surface area contributed by atoms with Gasteiger partial charge in [-0.15, -0.1) is 0 Å². The van der Waals surface area contributed by atoms with Crippen molar-refractivity contribution < 1.29 is 9.53 Å². The van der Waals surface area contributed by atoms with Gasteiger partial charge >= 0.3 is 5.97 Å². The van der Waals surface area contributed by atoms with Crippen molar-refractivity contribution in [2.75, 3.05) is 12.4 Å². The van der Waals surface area contributed by atoms with Crippen molar-refractivity contribution in [3.63, 3.8) is 0 Å². The van der Waals surface area contributed by atoms with Gasteiger partial charge in [0.1, 0.15) is 6.04 Å². The van der Waals surface area contributed by atoms with Gasteiger partial charge in [-0.05, 0) is 13.3 Å². The molecule has 106 valence electrons. The molecular weight excluding hydrogens is 266 g/mol. The SMILES string of the molecule is CCCc1cc(=O)[nH]c(SCC(N)C(=O)OCC)n1. The van der Waals surface area contributed by atoms with Gasteiger partial charge in [0, 0.05) is 17.5 Å². The lowest BCUT2D eigenvalue weighted by molar-refractivity contribution is -0.144. The summed E-state index contributed by atoms with van der Waals surface area (Å²) in [6.45, 7) is 4.05. The van der Waals surface area contributed by atoms with Gasteiger partial charge in [0.25, 0.3) is 5.56 Å². The molecule has 1 atom stereocenters. The van der Waals surface area contributed by atoms with Gasteiger partial charge in [0.2, 0.25) is 0 Å². The van der Waals surface area contributed by atoms with Crippen LogP contribution in [0.2, 0.25) is 0 Å². The molecule has 0 saturated carbocycles. The summed E-state index contributed by atoms with van der Waals surface area (Å²) < 4.78 is 4.81. The molecule has 0 amide bonds. The molecule has 0 spiro atoms. The van der Waals surface area contributed by atoms with Crippen LogP contribution in [0, 0.1) is 0 Å². The first-order valence-corrected chi connectivity index (χ1v) is 7.20. The number of thioether (sulfide) groups is 1. The van der Waals surface area contributed by atoms with Crippen LogP contribution in [-0.2, 0) is 16.0 Å². The Kier molecular flexibility index (Phi) is 6.58. The molecule has 1 heterocycles. The molecule has 1 aromatic heterocycles. The highest BCUT2D eigenvalue weighted by molar-refractivity contribution is 7.99. The third-order valence-corrected chi connectivity index (χ3v) is 3.26. The molecule has 3 N–H and O–H groups in total. The lowest BCUT2D eigenvalue weighted by Gasteiger charge is -2.09. The van der Waals surface area contributed by atoms with Crippen LogP contribution in [0.1, 0.15) is 26.0 Å². The number of nitrogens with two attached hydrogens (primary N) is 1. The molecule has 7 heteroatoms. The van der Waals surface area contributed by atoms with Crippen molar-refractivity contribution in [2.24, 2.45) is 5.73 Å². The number of hydrogen-bond donors (Lipinski definition) is 2.